The number of nitrogens with zero attached hydrogens (tertiary/aromatic N) is 1. The molecule has 1 aromatic rings. The van der Waals surface area contributed by atoms with E-state index in [1.807, 2.05) is 0 Å². The maximum Gasteiger partial charge on any atom is 0.335 e. The molecule has 1 aromatic carbocycles. The number of hydrogen-bond acceptors (Lipinski definition) is 4. The van der Waals surface area contributed by atoms with Crippen LogP contribution in [0.3, 0.4) is 0 Å². The van der Waals surface area contributed by atoms with Gasteiger partial charge in [0.25, 0.3) is 5.91 Å². The maximum atomic E-state index is 12.0. The minimum Gasteiger partial charge on any atom is -0.479 e. The summed E-state index contributed by atoms with van der Waals surface area (Å²) < 4.78 is 5.35. The highest BCUT2D eigenvalue weighted by molar-refractivity contribution is 6.04. The van der Waals surface area contributed by atoms with Gasteiger partial charge >= 0.3 is 5.97 Å². The van der Waals surface area contributed by atoms with Crippen LogP contribution in [0.1, 0.15) is 17.3 Å². The first-order chi connectivity index (χ1) is 8.90. The number of fused-ring (bicyclic) bond motifs is 1. The maximum absolute atomic E-state index is 12.0. The van der Waals surface area contributed by atoms with E-state index >= 15 is 0 Å². The number of primary amides is 1. The average Bonchev–Trinajstić information content (AvgIpc) is 2.34. The quantitative estimate of drug-likeness (QED) is 0.797. The molecular weight excluding hydrogens is 252 g/mol. The predicted molar refractivity (Wildman–Crippen MR) is 65.0 cm³/mol. The van der Waals surface area contributed by atoms with Crippen LogP contribution in [-0.4, -0.2) is 35.5 Å². The molecule has 0 aliphatic carbocycles. The Bertz CT molecular complexity index is 569. The molecule has 7 nitrogen and oxygen atoms in total. The van der Waals surface area contributed by atoms with Crippen molar-refractivity contribution in [3.63, 3.8) is 0 Å². The first-order valence-corrected chi connectivity index (χ1v) is 5.54. The van der Waals surface area contributed by atoms with Crippen LogP contribution in [0.15, 0.2) is 18.2 Å². The van der Waals surface area contributed by atoms with E-state index in [1.165, 1.54) is 18.2 Å². The fourth-order valence-electron chi connectivity index (χ4n) is 1.86. The van der Waals surface area contributed by atoms with Gasteiger partial charge < -0.3 is 15.6 Å². The van der Waals surface area contributed by atoms with E-state index in [2.05, 4.69) is 0 Å². The molecule has 100 valence electrons. The number of aromatic carboxylic acids is 1. The van der Waals surface area contributed by atoms with Crippen molar-refractivity contribution in [3.8, 4) is 5.75 Å². The molecule has 1 heterocycles. The third kappa shape index (κ3) is 2.35. The molecular formula is C12H12N2O5. The Kier molecular flexibility index (Phi) is 3.12. The van der Waals surface area contributed by atoms with E-state index in [0.717, 1.165) is 4.90 Å². The Morgan fingerprint density at radius 1 is 1.47 bits per heavy atom. The SMILES string of the molecule is CC1Oc2ccc(C(=O)O)cc2N(CC(N)=O)C1=O. The number of benzene rings is 1. The number of carboxylic acids is 1. The van der Waals surface area contributed by atoms with Crippen LogP contribution in [0.2, 0.25) is 0 Å². The molecule has 0 radical (unpaired) electrons. The summed E-state index contributed by atoms with van der Waals surface area (Å²) in [7, 11) is 0. The fraction of sp³-hybridized carbons (Fsp3) is 0.250. The van der Waals surface area contributed by atoms with Crippen LogP contribution in [-0.2, 0) is 9.59 Å². The molecule has 0 saturated carbocycles. The molecule has 7 heteroatoms. The zero-order valence-corrected chi connectivity index (χ0v) is 10.1. The van der Waals surface area contributed by atoms with Crippen LogP contribution in [0.25, 0.3) is 0 Å². The van der Waals surface area contributed by atoms with Crippen LogP contribution in [0.5, 0.6) is 5.75 Å². The second-order valence-corrected chi connectivity index (χ2v) is 4.14. The minimum absolute atomic E-state index is 0.000765. The second-order valence-electron chi connectivity index (χ2n) is 4.14. The lowest BCUT2D eigenvalue weighted by Gasteiger charge is -2.32. The monoisotopic (exact) mass is 264 g/mol. The Hall–Kier alpha value is -2.57. The number of carbonyl (C=O) groups is 3. The van der Waals surface area contributed by atoms with Gasteiger partial charge in [-0.15, -0.1) is 0 Å². The van der Waals surface area contributed by atoms with E-state index in [1.54, 1.807) is 6.92 Å². The highest BCUT2D eigenvalue weighted by atomic mass is 16.5. The van der Waals surface area contributed by atoms with E-state index in [9.17, 15) is 14.4 Å². The van der Waals surface area contributed by atoms with Crippen LogP contribution in [0, 0.1) is 0 Å². The van der Waals surface area contributed by atoms with Gasteiger partial charge in [-0.05, 0) is 25.1 Å². The Labute approximate surface area is 108 Å². The van der Waals surface area contributed by atoms with Gasteiger partial charge in [-0.3, -0.25) is 14.5 Å². The molecule has 1 atom stereocenters. The first kappa shape index (κ1) is 12.9. The highest BCUT2D eigenvalue weighted by Gasteiger charge is 2.32. The molecule has 0 fully saturated rings. The zero-order valence-electron chi connectivity index (χ0n) is 10.1. The van der Waals surface area contributed by atoms with Crippen molar-refractivity contribution in [2.45, 2.75) is 13.0 Å². The summed E-state index contributed by atoms with van der Waals surface area (Å²) in [4.78, 5) is 35.0. The largest absolute Gasteiger partial charge is 0.479 e. The third-order valence-electron chi connectivity index (χ3n) is 2.73. The topological polar surface area (TPSA) is 110 Å². The van der Waals surface area contributed by atoms with Crippen molar-refractivity contribution >= 4 is 23.5 Å². The normalized spacial score (nSPS) is 17.6. The fourth-order valence-corrected chi connectivity index (χ4v) is 1.86. The van der Waals surface area contributed by atoms with Gasteiger partial charge in [0.15, 0.2) is 6.10 Å². The first-order valence-electron chi connectivity index (χ1n) is 5.54. The molecule has 0 spiro atoms. The van der Waals surface area contributed by atoms with Crippen molar-refractivity contribution < 1.29 is 24.2 Å². The summed E-state index contributed by atoms with van der Waals surface area (Å²) in [6.45, 7) is 1.23. The summed E-state index contributed by atoms with van der Waals surface area (Å²) in [6, 6.07) is 4.10. The lowest BCUT2D eigenvalue weighted by atomic mass is 10.1. The number of rotatable bonds is 3. The standard InChI is InChI=1S/C12H12N2O5/c1-6-11(16)14(5-10(13)15)8-4-7(12(17)18)2-3-9(8)19-6/h2-4,6H,5H2,1H3,(H2,13,15)(H,17,18). The van der Waals surface area contributed by atoms with E-state index < -0.39 is 23.9 Å². The van der Waals surface area contributed by atoms with Crippen molar-refractivity contribution in [2.75, 3.05) is 11.4 Å². The van der Waals surface area contributed by atoms with Crippen molar-refractivity contribution in [1.82, 2.24) is 0 Å². The van der Waals surface area contributed by atoms with Crippen molar-refractivity contribution in [2.24, 2.45) is 5.73 Å². The van der Waals surface area contributed by atoms with Gasteiger partial charge in [-0.1, -0.05) is 0 Å². The number of anilines is 1. The molecule has 0 aromatic heterocycles. The summed E-state index contributed by atoms with van der Waals surface area (Å²) >= 11 is 0. The third-order valence-corrected chi connectivity index (χ3v) is 2.73. The van der Waals surface area contributed by atoms with Crippen LogP contribution in [0.4, 0.5) is 5.69 Å². The molecule has 1 unspecified atom stereocenters. The van der Waals surface area contributed by atoms with E-state index in [0.29, 0.717) is 5.75 Å². The summed E-state index contributed by atoms with van der Waals surface area (Å²) in [5, 5.41) is 8.94. The molecule has 1 aliphatic heterocycles. The van der Waals surface area contributed by atoms with Gasteiger partial charge in [0, 0.05) is 0 Å². The van der Waals surface area contributed by atoms with Crippen LogP contribution < -0.4 is 15.4 Å². The molecule has 1 aliphatic rings. The zero-order chi connectivity index (χ0) is 14.2. The summed E-state index contributed by atoms with van der Waals surface area (Å²) in [5.41, 5.74) is 5.33. The Balaban J connectivity index is 2.50. The van der Waals surface area contributed by atoms with Gasteiger partial charge in [0.2, 0.25) is 5.91 Å². The average molecular weight is 264 g/mol. The van der Waals surface area contributed by atoms with Crippen molar-refractivity contribution in [1.29, 1.82) is 0 Å². The van der Waals surface area contributed by atoms with Gasteiger partial charge in [0.1, 0.15) is 12.3 Å². The molecule has 0 bridgehead atoms. The second kappa shape index (κ2) is 4.60. The van der Waals surface area contributed by atoms with Gasteiger partial charge in [-0.25, -0.2) is 4.79 Å². The summed E-state index contributed by atoms with van der Waals surface area (Å²) in [6.07, 6.45) is -0.748. The highest BCUT2D eigenvalue weighted by Crippen LogP contribution is 2.34. The smallest absolute Gasteiger partial charge is 0.335 e. The van der Waals surface area contributed by atoms with Crippen LogP contribution >= 0.6 is 0 Å². The molecule has 2 amide bonds. The lowest BCUT2D eigenvalue weighted by molar-refractivity contribution is -0.127. The molecule has 19 heavy (non-hydrogen) atoms. The Morgan fingerprint density at radius 2 is 2.16 bits per heavy atom. The van der Waals surface area contributed by atoms with Gasteiger partial charge in [-0.2, -0.15) is 0 Å². The number of ether oxygens (including phenoxy) is 1. The molecule has 0 saturated heterocycles. The lowest BCUT2D eigenvalue weighted by Crippen LogP contribution is -2.48. The molecule has 3 N–H and O–H groups in total. The van der Waals surface area contributed by atoms with E-state index in [4.69, 9.17) is 15.6 Å². The van der Waals surface area contributed by atoms with Crippen molar-refractivity contribution in [3.05, 3.63) is 23.8 Å². The van der Waals surface area contributed by atoms with Gasteiger partial charge in [0.05, 0.1) is 11.3 Å². The number of amides is 2. The number of carbonyl (C=O) groups excluding carboxylic acids is 2. The number of hydrogen-bond donors (Lipinski definition) is 2. The minimum atomic E-state index is -1.13. The number of carboxylic acid groups (broad SMARTS) is 1. The molecule has 2 rings (SSSR count). The Morgan fingerprint density at radius 3 is 2.74 bits per heavy atom. The predicted octanol–water partition coefficient (Wildman–Crippen LogP) is -0.0160. The van der Waals surface area contributed by atoms with E-state index in [-0.39, 0.29) is 17.8 Å². The number of nitrogens with two attached hydrogens (primary N) is 1. The summed E-state index contributed by atoms with van der Waals surface area (Å²) in [5.74, 6) is -1.91.